The first kappa shape index (κ1) is 14.1. The van der Waals surface area contributed by atoms with Crippen LogP contribution in [-0.4, -0.2) is 11.0 Å². The summed E-state index contributed by atoms with van der Waals surface area (Å²) < 4.78 is 0. The normalized spacial score (nSPS) is 10.3. The molecule has 0 unspecified atom stereocenters. The zero-order valence-electron chi connectivity index (χ0n) is 11.8. The third-order valence-corrected chi connectivity index (χ3v) is 3.23. The fraction of sp³-hybridized carbons (Fsp3) is 0.235. The Morgan fingerprint density at radius 3 is 2.50 bits per heavy atom. The van der Waals surface area contributed by atoms with E-state index in [0.717, 1.165) is 18.5 Å². The van der Waals surface area contributed by atoms with E-state index in [1.807, 2.05) is 24.3 Å². The number of phenolic OH excluding ortho intramolecular Hbond substituents is 1. The third kappa shape index (κ3) is 3.18. The molecule has 0 heterocycles. The van der Waals surface area contributed by atoms with Gasteiger partial charge in [0.05, 0.1) is 5.56 Å². The van der Waals surface area contributed by atoms with Gasteiger partial charge in [-0.3, -0.25) is 4.79 Å². The summed E-state index contributed by atoms with van der Waals surface area (Å²) in [6.07, 6.45) is 2.13. The molecule has 0 spiro atoms. The largest absolute Gasteiger partial charge is 0.507 e. The average Bonchev–Trinajstić information content (AvgIpc) is 2.44. The van der Waals surface area contributed by atoms with Crippen LogP contribution in [0.25, 0.3) is 0 Å². The Morgan fingerprint density at radius 1 is 1.15 bits per heavy atom. The zero-order valence-corrected chi connectivity index (χ0v) is 11.8. The summed E-state index contributed by atoms with van der Waals surface area (Å²) in [5, 5.41) is 12.7. The van der Waals surface area contributed by atoms with E-state index in [9.17, 15) is 9.90 Å². The number of carbonyl (C=O) groups is 1. The molecule has 0 aliphatic heterocycles. The van der Waals surface area contributed by atoms with Gasteiger partial charge in [0.1, 0.15) is 5.75 Å². The van der Waals surface area contributed by atoms with E-state index in [-0.39, 0.29) is 11.7 Å². The molecule has 0 bridgehead atoms. The summed E-state index contributed by atoms with van der Waals surface area (Å²) in [6.45, 7) is 3.90. The topological polar surface area (TPSA) is 49.3 Å². The van der Waals surface area contributed by atoms with Crippen LogP contribution in [0.2, 0.25) is 0 Å². The SMILES string of the molecule is CCCc1ccc(NC(=O)c2cccc(C)c2O)cc1. The lowest BCUT2D eigenvalue weighted by Gasteiger charge is -2.09. The molecule has 0 aromatic heterocycles. The lowest BCUT2D eigenvalue weighted by molar-refractivity contribution is 0.102. The smallest absolute Gasteiger partial charge is 0.259 e. The Labute approximate surface area is 119 Å². The van der Waals surface area contributed by atoms with Gasteiger partial charge in [-0.15, -0.1) is 0 Å². The van der Waals surface area contributed by atoms with Crippen molar-refractivity contribution < 1.29 is 9.90 Å². The number of rotatable bonds is 4. The molecule has 0 saturated heterocycles. The van der Waals surface area contributed by atoms with Crippen LogP contribution in [0.15, 0.2) is 42.5 Å². The highest BCUT2D eigenvalue weighted by Crippen LogP contribution is 2.22. The highest BCUT2D eigenvalue weighted by atomic mass is 16.3. The zero-order chi connectivity index (χ0) is 14.5. The number of para-hydroxylation sites is 1. The molecular weight excluding hydrogens is 250 g/mol. The molecule has 0 radical (unpaired) electrons. The highest BCUT2D eigenvalue weighted by Gasteiger charge is 2.12. The van der Waals surface area contributed by atoms with Gasteiger partial charge in [0, 0.05) is 5.69 Å². The molecule has 0 aliphatic carbocycles. The van der Waals surface area contributed by atoms with Gasteiger partial charge in [0.15, 0.2) is 0 Å². The predicted molar refractivity (Wildman–Crippen MR) is 81.2 cm³/mol. The molecule has 0 fully saturated rings. The number of phenols is 1. The van der Waals surface area contributed by atoms with E-state index >= 15 is 0 Å². The van der Waals surface area contributed by atoms with Gasteiger partial charge in [-0.25, -0.2) is 0 Å². The first-order chi connectivity index (χ1) is 9.61. The standard InChI is InChI=1S/C17H19NO2/c1-3-5-13-8-10-14(11-9-13)18-17(20)15-7-4-6-12(2)16(15)19/h4,6-11,19H,3,5H2,1-2H3,(H,18,20). The Kier molecular flexibility index (Phi) is 4.41. The van der Waals surface area contributed by atoms with E-state index in [2.05, 4.69) is 12.2 Å². The van der Waals surface area contributed by atoms with Gasteiger partial charge >= 0.3 is 0 Å². The second-order valence-electron chi connectivity index (χ2n) is 4.87. The molecule has 3 heteroatoms. The first-order valence-electron chi connectivity index (χ1n) is 6.80. The number of hydrogen-bond acceptors (Lipinski definition) is 2. The minimum absolute atomic E-state index is 0.0348. The molecule has 0 saturated carbocycles. The minimum atomic E-state index is -0.297. The molecule has 0 atom stereocenters. The van der Waals surface area contributed by atoms with Crippen molar-refractivity contribution in [3.05, 3.63) is 59.2 Å². The van der Waals surface area contributed by atoms with Crippen LogP contribution >= 0.6 is 0 Å². The molecule has 2 N–H and O–H groups in total. The van der Waals surface area contributed by atoms with Crippen LogP contribution in [-0.2, 0) is 6.42 Å². The maximum absolute atomic E-state index is 12.1. The second kappa shape index (κ2) is 6.24. The first-order valence-corrected chi connectivity index (χ1v) is 6.80. The van der Waals surface area contributed by atoms with Gasteiger partial charge < -0.3 is 10.4 Å². The van der Waals surface area contributed by atoms with Crippen LogP contribution in [0.3, 0.4) is 0 Å². The van der Waals surface area contributed by atoms with Crippen molar-refractivity contribution in [3.63, 3.8) is 0 Å². The van der Waals surface area contributed by atoms with Crippen molar-refractivity contribution in [3.8, 4) is 5.75 Å². The number of benzene rings is 2. The van der Waals surface area contributed by atoms with E-state index in [4.69, 9.17) is 0 Å². The van der Waals surface area contributed by atoms with E-state index in [1.165, 1.54) is 5.56 Å². The fourth-order valence-electron chi connectivity index (χ4n) is 2.08. The minimum Gasteiger partial charge on any atom is -0.507 e. The summed E-state index contributed by atoms with van der Waals surface area (Å²) in [7, 11) is 0. The van der Waals surface area contributed by atoms with E-state index in [0.29, 0.717) is 11.1 Å². The Hall–Kier alpha value is -2.29. The third-order valence-electron chi connectivity index (χ3n) is 3.23. The van der Waals surface area contributed by atoms with Gasteiger partial charge in [-0.05, 0) is 42.7 Å². The monoisotopic (exact) mass is 269 g/mol. The molecule has 104 valence electrons. The lowest BCUT2D eigenvalue weighted by Crippen LogP contribution is -2.12. The number of hydrogen-bond donors (Lipinski definition) is 2. The van der Waals surface area contributed by atoms with Crippen molar-refractivity contribution in [1.82, 2.24) is 0 Å². The summed E-state index contributed by atoms with van der Waals surface area (Å²) in [5.74, 6) is -0.262. The second-order valence-corrected chi connectivity index (χ2v) is 4.87. The summed E-state index contributed by atoms with van der Waals surface area (Å²) >= 11 is 0. The van der Waals surface area contributed by atoms with Crippen LogP contribution in [0.5, 0.6) is 5.75 Å². The molecular formula is C17H19NO2. The number of anilines is 1. The van der Waals surface area contributed by atoms with Crippen molar-refractivity contribution in [2.45, 2.75) is 26.7 Å². The molecule has 2 rings (SSSR count). The Morgan fingerprint density at radius 2 is 1.85 bits per heavy atom. The molecule has 2 aromatic carbocycles. The lowest BCUT2D eigenvalue weighted by atomic mass is 10.1. The summed E-state index contributed by atoms with van der Waals surface area (Å²) in [6, 6.07) is 12.9. The molecule has 3 nitrogen and oxygen atoms in total. The van der Waals surface area contributed by atoms with Crippen molar-refractivity contribution in [2.24, 2.45) is 0 Å². The predicted octanol–water partition coefficient (Wildman–Crippen LogP) is 3.91. The van der Waals surface area contributed by atoms with Crippen molar-refractivity contribution in [1.29, 1.82) is 0 Å². The van der Waals surface area contributed by atoms with Crippen molar-refractivity contribution in [2.75, 3.05) is 5.32 Å². The Balaban J connectivity index is 2.13. The van der Waals surface area contributed by atoms with E-state index < -0.39 is 0 Å². The van der Waals surface area contributed by atoms with Crippen LogP contribution in [0.1, 0.15) is 34.8 Å². The number of aryl methyl sites for hydroxylation is 2. The summed E-state index contributed by atoms with van der Waals surface area (Å²) in [5.41, 5.74) is 2.97. The van der Waals surface area contributed by atoms with Gasteiger partial charge in [0.25, 0.3) is 5.91 Å². The van der Waals surface area contributed by atoms with Gasteiger partial charge in [0.2, 0.25) is 0 Å². The summed E-state index contributed by atoms with van der Waals surface area (Å²) in [4.78, 5) is 12.1. The number of amides is 1. The van der Waals surface area contributed by atoms with Crippen molar-refractivity contribution >= 4 is 11.6 Å². The average molecular weight is 269 g/mol. The Bertz CT molecular complexity index is 603. The van der Waals surface area contributed by atoms with Crippen LogP contribution in [0.4, 0.5) is 5.69 Å². The number of carbonyl (C=O) groups excluding carboxylic acids is 1. The maximum atomic E-state index is 12.1. The molecule has 2 aromatic rings. The van der Waals surface area contributed by atoms with E-state index in [1.54, 1.807) is 25.1 Å². The van der Waals surface area contributed by atoms with Gasteiger partial charge in [-0.2, -0.15) is 0 Å². The fourth-order valence-corrected chi connectivity index (χ4v) is 2.08. The molecule has 20 heavy (non-hydrogen) atoms. The maximum Gasteiger partial charge on any atom is 0.259 e. The van der Waals surface area contributed by atoms with Crippen LogP contribution < -0.4 is 5.32 Å². The quantitative estimate of drug-likeness (QED) is 0.884. The molecule has 1 amide bonds. The van der Waals surface area contributed by atoms with Gasteiger partial charge in [-0.1, -0.05) is 37.6 Å². The number of aromatic hydroxyl groups is 1. The number of nitrogens with one attached hydrogen (secondary N) is 1. The van der Waals surface area contributed by atoms with Crippen LogP contribution in [0, 0.1) is 6.92 Å². The highest BCUT2D eigenvalue weighted by molar-refractivity contribution is 6.06. The molecule has 0 aliphatic rings.